The molecule has 0 aliphatic carbocycles. The van der Waals surface area contributed by atoms with Gasteiger partial charge in [0.25, 0.3) is 0 Å². The van der Waals surface area contributed by atoms with Gasteiger partial charge in [0.05, 0.1) is 12.5 Å². The van der Waals surface area contributed by atoms with Gasteiger partial charge >= 0.3 is 18.1 Å². The van der Waals surface area contributed by atoms with Crippen molar-refractivity contribution in [3.05, 3.63) is 0 Å². The zero-order valence-electron chi connectivity index (χ0n) is 7.65. The van der Waals surface area contributed by atoms with Crippen molar-refractivity contribution in [2.45, 2.75) is 31.5 Å². The second-order valence-corrected chi connectivity index (χ2v) is 2.92. The number of carboxylic acid groups (broad SMARTS) is 1. The topological polar surface area (TPSA) is 46.5 Å². The minimum absolute atomic E-state index is 0.631. The molecular weight excluding hydrogens is 227 g/mol. The van der Waals surface area contributed by atoms with E-state index < -0.39 is 37.2 Å². The van der Waals surface area contributed by atoms with E-state index in [2.05, 4.69) is 4.74 Å². The summed E-state index contributed by atoms with van der Waals surface area (Å²) in [4.78, 5) is 10.0. The van der Waals surface area contributed by atoms with Crippen LogP contribution >= 0.6 is 0 Å². The number of hydrogen-bond donors (Lipinski definition) is 1. The van der Waals surface area contributed by atoms with Crippen LogP contribution in [0, 0.1) is 0 Å². The number of ether oxygens (including phenoxy) is 1. The Bertz CT molecular complexity index is 225. The largest absolute Gasteiger partial charge is 0.481 e. The Morgan fingerprint density at radius 2 is 1.80 bits per heavy atom. The molecule has 15 heavy (non-hydrogen) atoms. The summed E-state index contributed by atoms with van der Waals surface area (Å²) < 4.78 is 63.4. The van der Waals surface area contributed by atoms with Crippen molar-refractivity contribution < 1.29 is 36.6 Å². The van der Waals surface area contributed by atoms with Crippen LogP contribution < -0.4 is 0 Å². The summed E-state index contributed by atoms with van der Waals surface area (Å²) in [5, 5.41) is 8.18. The van der Waals surface area contributed by atoms with E-state index in [-0.39, 0.29) is 0 Å². The van der Waals surface area contributed by atoms with Crippen molar-refractivity contribution in [2.24, 2.45) is 0 Å². The molecule has 1 N–H and O–H groups in total. The molecule has 0 saturated carbocycles. The van der Waals surface area contributed by atoms with Crippen molar-refractivity contribution in [3.8, 4) is 0 Å². The van der Waals surface area contributed by atoms with Crippen LogP contribution in [-0.4, -0.2) is 35.9 Å². The van der Waals surface area contributed by atoms with Gasteiger partial charge in [-0.3, -0.25) is 4.79 Å². The first-order valence-electron chi connectivity index (χ1n) is 3.84. The van der Waals surface area contributed by atoms with Crippen LogP contribution in [-0.2, 0) is 9.53 Å². The van der Waals surface area contributed by atoms with Gasteiger partial charge in [-0.05, 0) is 6.92 Å². The summed E-state index contributed by atoms with van der Waals surface area (Å²) in [6.45, 7) is -0.772. The van der Waals surface area contributed by atoms with Gasteiger partial charge in [-0.15, -0.1) is 0 Å². The molecule has 8 heteroatoms. The van der Waals surface area contributed by atoms with E-state index in [1.54, 1.807) is 0 Å². The summed E-state index contributed by atoms with van der Waals surface area (Å²) in [5.41, 5.74) is 0. The van der Waals surface area contributed by atoms with Crippen LogP contribution in [0.3, 0.4) is 0 Å². The third kappa shape index (κ3) is 4.91. The van der Waals surface area contributed by atoms with E-state index >= 15 is 0 Å². The number of carbonyl (C=O) groups is 1. The van der Waals surface area contributed by atoms with E-state index in [9.17, 15) is 26.7 Å². The highest BCUT2D eigenvalue weighted by Gasteiger charge is 2.57. The zero-order valence-corrected chi connectivity index (χ0v) is 7.65. The summed E-state index contributed by atoms with van der Waals surface area (Å²) in [6.07, 6.45) is -7.51. The quantitative estimate of drug-likeness (QED) is 0.743. The van der Waals surface area contributed by atoms with Crippen LogP contribution in [0.5, 0.6) is 0 Å². The van der Waals surface area contributed by atoms with Crippen LogP contribution in [0.25, 0.3) is 0 Å². The Hall–Kier alpha value is -0.920. The van der Waals surface area contributed by atoms with Gasteiger partial charge in [-0.2, -0.15) is 22.0 Å². The fourth-order valence-corrected chi connectivity index (χ4v) is 0.634. The molecule has 90 valence electrons. The second kappa shape index (κ2) is 4.73. The Kier molecular flexibility index (Phi) is 4.44. The molecule has 0 heterocycles. The molecule has 0 unspecified atom stereocenters. The van der Waals surface area contributed by atoms with Crippen molar-refractivity contribution in [1.29, 1.82) is 0 Å². The van der Waals surface area contributed by atoms with E-state index in [0.29, 0.717) is 0 Å². The van der Waals surface area contributed by atoms with Crippen molar-refractivity contribution in [3.63, 3.8) is 0 Å². The second-order valence-electron chi connectivity index (χ2n) is 2.92. The molecule has 0 saturated heterocycles. The minimum atomic E-state index is -5.68. The molecule has 0 fully saturated rings. The number of hydrogen-bond acceptors (Lipinski definition) is 2. The molecule has 0 radical (unpaired) electrons. The highest BCUT2D eigenvalue weighted by molar-refractivity contribution is 5.67. The lowest BCUT2D eigenvalue weighted by Gasteiger charge is -2.21. The first-order chi connectivity index (χ1) is 6.56. The number of halogens is 5. The maximum Gasteiger partial charge on any atom is 0.455 e. The van der Waals surface area contributed by atoms with Crippen LogP contribution in [0.1, 0.15) is 13.3 Å². The average molecular weight is 236 g/mol. The lowest BCUT2D eigenvalue weighted by Crippen LogP contribution is -2.41. The maximum atomic E-state index is 12.2. The molecule has 0 aromatic rings. The number of carboxylic acids is 1. The molecular formula is C7H9F5O3. The molecule has 0 bridgehead atoms. The van der Waals surface area contributed by atoms with Gasteiger partial charge in [0, 0.05) is 0 Å². The third-order valence-corrected chi connectivity index (χ3v) is 1.43. The molecule has 1 atom stereocenters. The number of rotatable bonds is 5. The van der Waals surface area contributed by atoms with Gasteiger partial charge in [-0.25, -0.2) is 0 Å². The average Bonchev–Trinajstić information content (AvgIpc) is 1.97. The fraction of sp³-hybridized carbons (Fsp3) is 0.857. The standard InChI is InChI=1S/C7H9F5O3/c1-4(2-5(13)14)15-3-6(8,9)7(10,11)12/h4H,2-3H2,1H3,(H,13,14)/t4-/m0/s1. The van der Waals surface area contributed by atoms with Gasteiger partial charge in [0.2, 0.25) is 0 Å². The van der Waals surface area contributed by atoms with E-state index in [0.717, 1.165) is 6.92 Å². The Morgan fingerprint density at radius 1 is 1.33 bits per heavy atom. The maximum absolute atomic E-state index is 12.2. The highest BCUT2D eigenvalue weighted by atomic mass is 19.4. The molecule has 0 aliphatic heterocycles. The van der Waals surface area contributed by atoms with Gasteiger partial charge < -0.3 is 9.84 Å². The Morgan fingerprint density at radius 3 is 2.13 bits per heavy atom. The Labute approximate surface area is 81.8 Å². The van der Waals surface area contributed by atoms with Crippen molar-refractivity contribution in [2.75, 3.05) is 6.61 Å². The SMILES string of the molecule is C[C@@H](CC(=O)O)OCC(F)(F)C(F)(F)F. The summed E-state index contributed by atoms with van der Waals surface area (Å²) in [6, 6.07) is 0. The monoisotopic (exact) mass is 236 g/mol. The van der Waals surface area contributed by atoms with Gasteiger partial charge in [0.1, 0.15) is 6.61 Å². The lowest BCUT2D eigenvalue weighted by molar-refractivity contribution is -0.299. The predicted molar refractivity (Wildman–Crippen MR) is 38.7 cm³/mol. The van der Waals surface area contributed by atoms with Crippen molar-refractivity contribution >= 4 is 5.97 Å². The summed E-state index contributed by atoms with van der Waals surface area (Å²) in [5.74, 6) is -6.29. The van der Waals surface area contributed by atoms with E-state index in [4.69, 9.17) is 5.11 Å². The van der Waals surface area contributed by atoms with Gasteiger partial charge in [0.15, 0.2) is 0 Å². The predicted octanol–water partition coefficient (Wildman–Crippen LogP) is 2.06. The normalized spacial score (nSPS) is 15.1. The van der Waals surface area contributed by atoms with E-state index in [1.165, 1.54) is 0 Å². The molecule has 3 nitrogen and oxygen atoms in total. The summed E-state index contributed by atoms with van der Waals surface area (Å²) in [7, 11) is 0. The molecule has 0 amide bonds. The number of alkyl halides is 5. The molecule has 0 spiro atoms. The number of aliphatic carboxylic acids is 1. The van der Waals surface area contributed by atoms with Gasteiger partial charge in [-0.1, -0.05) is 0 Å². The first kappa shape index (κ1) is 14.1. The lowest BCUT2D eigenvalue weighted by atomic mass is 10.3. The van der Waals surface area contributed by atoms with Crippen LogP contribution in [0.4, 0.5) is 22.0 Å². The first-order valence-corrected chi connectivity index (χ1v) is 3.84. The van der Waals surface area contributed by atoms with E-state index in [1.807, 2.05) is 0 Å². The molecule has 0 aliphatic rings. The molecule has 0 rings (SSSR count). The fourth-order valence-electron chi connectivity index (χ4n) is 0.634. The summed E-state index contributed by atoms with van der Waals surface area (Å²) >= 11 is 0. The smallest absolute Gasteiger partial charge is 0.455 e. The Balaban J connectivity index is 4.10. The minimum Gasteiger partial charge on any atom is -0.481 e. The van der Waals surface area contributed by atoms with Crippen LogP contribution in [0.15, 0.2) is 0 Å². The molecule has 0 aromatic carbocycles. The third-order valence-electron chi connectivity index (χ3n) is 1.43. The zero-order chi connectivity index (χ0) is 12.3. The highest BCUT2D eigenvalue weighted by Crippen LogP contribution is 2.35. The molecule has 0 aromatic heterocycles. The van der Waals surface area contributed by atoms with Crippen LogP contribution in [0.2, 0.25) is 0 Å². The van der Waals surface area contributed by atoms with Crippen molar-refractivity contribution in [1.82, 2.24) is 0 Å².